The van der Waals surface area contributed by atoms with Gasteiger partial charge >= 0.3 is 6.09 Å². The summed E-state index contributed by atoms with van der Waals surface area (Å²) in [6.07, 6.45) is -0.626. The van der Waals surface area contributed by atoms with Gasteiger partial charge in [-0.3, -0.25) is 5.32 Å². The van der Waals surface area contributed by atoms with E-state index >= 15 is 0 Å². The maximum absolute atomic E-state index is 11.2. The Balaban J connectivity index is 2.54. The summed E-state index contributed by atoms with van der Waals surface area (Å²) < 4.78 is 8.73. The summed E-state index contributed by atoms with van der Waals surface area (Å²) in [5.41, 5.74) is -0.560. The van der Waals surface area contributed by atoms with E-state index in [4.69, 9.17) is 4.74 Å². The smallest absolute Gasteiger partial charge is 0.413 e. The van der Waals surface area contributed by atoms with Crippen LogP contribution in [0, 0.1) is 0 Å². The van der Waals surface area contributed by atoms with Crippen molar-refractivity contribution in [2.45, 2.75) is 26.4 Å². The zero-order valence-electron chi connectivity index (χ0n) is 8.20. The van der Waals surface area contributed by atoms with Gasteiger partial charge in [0.2, 0.25) is 0 Å². The third-order valence-electron chi connectivity index (χ3n) is 1.17. The van der Waals surface area contributed by atoms with Crippen LogP contribution in [0.3, 0.4) is 0 Å². The van der Waals surface area contributed by atoms with Gasteiger partial charge in [-0.05, 0) is 32.3 Å². The largest absolute Gasteiger partial charge is 0.504 e. The Labute approximate surface area is 85.9 Å². The molecule has 0 aromatic carbocycles. The fourth-order valence-electron chi connectivity index (χ4n) is 0.719. The number of ether oxygens (including phenoxy) is 1. The molecule has 1 amide bonds. The van der Waals surface area contributed by atoms with Crippen molar-refractivity contribution in [2.75, 3.05) is 5.32 Å². The number of hydrogen-bond donors (Lipinski definition) is 2. The van der Waals surface area contributed by atoms with E-state index in [0.29, 0.717) is 0 Å². The Bertz CT molecular complexity index is 330. The second kappa shape index (κ2) is 3.83. The summed E-state index contributed by atoms with van der Waals surface area (Å²) in [7, 11) is 0. The third-order valence-corrected chi connectivity index (χ3v) is 1.79. The van der Waals surface area contributed by atoms with Crippen LogP contribution in [0.15, 0.2) is 5.38 Å². The molecule has 0 atom stereocenters. The molecule has 78 valence electrons. The number of aromatic nitrogens is 1. The molecule has 0 saturated carbocycles. The van der Waals surface area contributed by atoms with Crippen molar-refractivity contribution in [2.24, 2.45) is 0 Å². The predicted molar refractivity (Wildman–Crippen MR) is 53.6 cm³/mol. The first-order chi connectivity index (χ1) is 6.38. The molecule has 1 heterocycles. The van der Waals surface area contributed by atoms with Crippen molar-refractivity contribution in [3.05, 3.63) is 5.38 Å². The number of hydrogen-bond acceptors (Lipinski definition) is 5. The summed E-state index contributed by atoms with van der Waals surface area (Å²) in [6, 6.07) is 0. The predicted octanol–water partition coefficient (Wildman–Crippen LogP) is 2.20. The summed E-state index contributed by atoms with van der Waals surface area (Å²) in [5.74, 6) is 0.0742. The SMILES string of the molecule is CC(C)(C)OC(=O)Nc1nscc1O. The Kier molecular flexibility index (Phi) is 2.95. The second-order valence-electron chi connectivity index (χ2n) is 3.68. The minimum atomic E-state index is -0.626. The van der Waals surface area contributed by atoms with E-state index in [1.54, 1.807) is 20.8 Å². The number of nitrogens with zero attached hydrogens (tertiary/aromatic N) is 1. The number of rotatable bonds is 1. The first kappa shape index (κ1) is 10.8. The highest BCUT2D eigenvalue weighted by atomic mass is 32.1. The van der Waals surface area contributed by atoms with Crippen LogP contribution in [-0.2, 0) is 4.74 Å². The van der Waals surface area contributed by atoms with E-state index in [1.807, 2.05) is 0 Å². The molecule has 0 fully saturated rings. The van der Waals surface area contributed by atoms with E-state index in [1.165, 1.54) is 5.38 Å². The fourth-order valence-corrected chi connectivity index (χ4v) is 1.23. The van der Waals surface area contributed by atoms with E-state index < -0.39 is 11.7 Å². The maximum atomic E-state index is 11.2. The van der Waals surface area contributed by atoms with Crippen LogP contribution in [0.2, 0.25) is 0 Å². The van der Waals surface area contributed by atoms with Gasteiger partial charge in [0.15, 0.2) is 11.6 Å². The van der Waals surface area contributed by atoms with E-state index in [9.17, 15) is 9.90 Å². The molecule has 0 aliphatic heterocycles. The second-order valence-corrected chi connectivity index (χ2v) is 4.30. The lowest BCUT2D eigenvalue weighted by Gasteiger charge is -2.19. The number of anilines is 1. The molecule has 0 aliphatic carbocycles. The van der Waals surface area contributed by atoms with Crippen molar-refractivity contribution in [3.8, 4) is 5.75 Å². The molecule has 0 aliphatic rings. The molecule has 0 bridgehead atoms. The van der Waals surface area contributed by atoms with Gasteiger partial charge in [0.05, 0.1) is 5.38 Å². The van der Waals surface area contributed by atoms with Crippen molar-refractivity contribution in [1.29, 1.82) is 0 Å². The highest BCUT2D eigenvalue weighted by molar-refractivity contribution is 7.04. The Hall–Kier alpha value is -1.30. The van der Waals surface area contributed by atoms with Gasteiger partial charge in [-0.15, -0.1) is 0 Å². The molecule has 2 N–H and O–H groups in total. The Morgan fingerprint density at radius 2 is 2.29 bits per heavy atom. The summed E-state index contributed by atoms with van der Waals surface area (Å²) in [4.78, 5) is 11.2. The average molecular weight is 216 g/mol. The summed E-state index contributed by atoms with van der Waals surface area (Å²) in [6.45, 7) is 5.27. The Morgan fingerprint density at radius 3 is 2.71 bits per heavy atom. The first-order valence-electron chi connectivity index (χ1n) is 4.02. The summed E-state index contributed by atoms with van der Waals surface area (Å²) in [5, 5.41) is 12.9. The molecule has 14 heavy (non-hydrogen) atoms. The lowest BCUT2D eigenvalue weighted by molar-refractivity contribution is 0.0635. The minimum Gasteiger partial charge on any atom is -0.504 e. The molecule has 1 rings (SSSR count). The average Bonchev–Trinajstić information content (AvgIpc) is 2.32. The number of carbonyl (C=O) groups excluding carboxylic acids is 1. The lowest BCUT2D eigenvalue weighted by atomic mass is 10.2. The molecule has 6 heteroatoms. The van der Waals surface area contributed by atoms with Crippen LogP contribution in [0.25, 0.3) is 0 Å². The summed E-state index contributed by atoms with van der Waals surface area (Å²) >= 11 is 1.06. The quantitative estimate of drug-likeness (QED) is 0.754. The van der Waals surface area contributed by atoms with Crippen molar-refractivity contribution in [3.63, 3.8) is 0 Å². The normalized spacial score (nSPS) is 11.1. The van der Waals surface area contributed by atoms with Crippen molar-refractivity contribution >= 4 is 23.4 Å². The number of aromatic hydroxyl groups is 1. The zero-order valence-corrected chi connectivity index (χ0v) is 9.01. The van der Waals surface area contributed by atoms with Gasteiger partial charge in [-0.1, -0.05) is 0 Å². The fraction of sp³-hybridized carbons (Fsp3) is 0.500. The van der Waals surface area contributed by atoms with Gasteiger partial charge in [0.1, 0.15) is 5.60 Å². The highest BCUT2D eigenvalue weighted by Gasteiger charge is 2.17. The zero-order chi connectivity index (χ0) is 10.8. The van der Waals surface area contributed by atoms with E-state index in [2.05, 4.69) is 9.69 Å². The Morgan fingerprint density at radius 1 is 1.64 bits per heavy atom. The number of amides is 1. The van der Waals surface area contributed by atoms with Gasteiger partial charge in [0, 0.05) is 0 Å². The van der Waals surface area contributed by atoms with E-state index in [0.717, 1.165) is 11.5 Å². The van der Waals surface area contributed by atoms with Gasteiger partial charge in [-0.25, -0.2) is 4.79 Å². The standard InChI is InChI=1S/C8H12N2O3S/c1-8(2,3)13-7(12)9-6-5(11)4-14-10-6/h4,11H,1-3H3,(H,9,10,12). The van der Waals surface area contributed by atoms with Crippen LogP contribution in [0.1, 0.15) is 20.8 Å². The van der Waals surface area contributed by atoms with Crippen LogP contribution >= 0.6 is 11.5 Å². The molecule has 0 spiro atoms. The molecular weight excluding hydrogens is 204 g/mol. The topological polar surface area (TPSA) is 71.5 Å². The maximum Gasteiger partial charge on any atom is 0.413 e. The van der Waals surface area contributed by atoms with Crippen LogP contribution in [0.4, 0.5) is 10.6 Å². The van der Waals surface area contributed by atoms with Crippen LogP contribution in [0.5, 0.6) is 5.75 Å². The lowest BCUT2D eigenvalue weighted by Crippen LogP contribution is -2.27. The molecular formula is C8H12N2O3S. The molecule has 0 unspecified atom stereocenters. The van der Waals surface area contributed by atoms with Gasteiger partial charge in [-0.2, -0.15) is 4.37 Å². The van der Waals surface area contributed by atoms with Crippen molar-refractivity contribution in [1.82, 2.24) is 4.37 Å². The van der Waals surface area contributed by atoms with Gasteiger partial charge in [0.25, 0.3) is 0 Å². The van der Waals surface area contributed by atoms with E-state index in [-0.39, 0.29) is 11.6 Å². The van der Waals surface area contributed by atoms with Crippen molar-refractivity contribution < 1.29 is 14.6 Å². The molecule has 1 aromatic heterocycles. The van der Waals surface area contributed by atoms with Crippen LogP contribution in [-0.4, -0.2) is 21.2 Å². The molecule has 0 radical (unpaired) electrons. The van der Waals surface area contributed by atoms with Crippen LogP contribution < -0.4 is 5.32 Å². The molecule has 5 nitrogen and oxygen atoms in total. The number of carbonyl (C=O) groups is 1. The van der Waals surface area contributed by atoms with Gasteiger partial charge < -0.3 is 9.84 Å². The minimum absolute atomic E-state index is 0.0548. The molecule has 1 aromatic rings. The highest BCUT2D eigenvalue weighted by Crippen LogP contribution is 2.23. The third kappa shape index (κ3) is 3.21. The molecule has 0 saturated heterocycles. The first-order valence-corrected chi connectivity index (χ1v) is 4.85. The monoisotopic (exact) mass is 216 g/mol. The number of nitrogens with one attached hydrogen (secondary N) is 1.